The number of hydrogen-bond acceptors (Lipinski definition) is 3. The van der Waals surface area contributed by atoms with Gasteiger partial charge in [0.05, 0.1) is 7.11 Å². The molecule has 0 atom stereocenters. The molecule has 0 radical (unpaired) electrons. The minimum absolute atomic E-state index is 0.529. The molecule has 0 saturated heterocycles. The zero-order valence-electron chi connectivity index (χ0n) is 11.8. The summed E-state index contributed by atoms with van der Waals surface area (Å²) in [7, 11) is 1.71. The van der Waals surface area contributed by atoms with Crippen LogP contribution in [-0.4, -0.2) is 20.3 Å². The normalized spacial score (nSPS) is 10.3. The van der Waals surface area contributed by atoms with Gasteiger partial charge in [-0.2, -0.15) is 0 Å². The van der Waals surface area contributed by atoms with Gasteiger partial charge in [-0.1, -0.05) is 36.4 Å². The third-order valence-corrected chi connectivity index (χ3v) is 3.20. The summed E-state index contributed by atoms with van der Waals surface area (Å²) in [6.45, 7) is 1.08. The van der Waals surface area contributed by atoms with Gasteiger partial charge in [0, 0.05) is 6.54 Å². The highest BCUT2D eigenvalue weighted by atomic mass is 16.5. The average Bonchev–Trinajstić information content (AvgIpc) is 2.52. The number of rotatable bonds is 7. The minimum Gasteiger partial charge on any atom is -0.496 e. The molecule has 106 valence electrons. The van der Waals surface area contributed by atoms with E-state index in [4.69, 9.17) is 15.2 Å². The highest BCUT2D eigenvalue weighted by Crippen LogP contribution is 2.23. The Morgan fingerprint density at radius 1 is 0.850 bits per heavy atom. The zero-order chi connectivity index (χ0) is 14.2. The first kappa shape index (κ1) is 14.4. The van der Waals surface area contributed by atoms with Crippen LogP contribution in [0.1, 0.15) is 11.1 Å². The molecule has 0 heterocycles. The van der Waals surface area contributed by atoms with Gasteiger partial charge in [-0.25, -0.2) is 0 Å². The lowest BCUT2D eigenvalue weighted by molar-refractivity contribution is 0.324. The third-order valence-electron chi connectivity index (χ3n) is 3.20. The summed E-state index contributed by atoms with van der Waals surface area (Å²) in [6, 6.07) is 16.2. The molecule has 0 aliphatic carbocycles. The summed E-state index contributed by atoms with van der Waals surface area (Å²) in [5.74, 6) is 1.86. The van der Waals surface area contributed by atoms with E-state index in [0.717, 1.165) is 24.3 Å². The number of ether oxygens (including phenoxy) is 2. The van der Waals surface area contributed by atoms with Gasteiger partial charge in [-0.05, 0) is 36.1 Å². The number of aryl methyl sites for hydroxylation is 2. The molecule has 2 rings (SSSR count). The number of benzene rings is 2. The van der Waals surface area contributed by atoms with Gasteiger partial charge in [-0.15, -0.1) is 0 Å². The van der Waals surface area contributed by atoms with Gasteiger partial charge in [0.25, 0.3) is 0 Å². The standard InChI is InChI=1S/C17H21NO2/c1-19-16-8-4-2-6-14(16)10-11-15-7-3-5-9-17(15)20-13-12-18/h2-9H,10-13,18H2,1H3. The fraction of sp³-hybridized carbons (Fsp3) is 0.294. The number of nitrogens with two attached hydrogens (primary N) is 1. The van der Waals surface area contributed by atoms with E-state index in [1.165, 1.54) is 11.1 Å². The summed E-state index contributed by atoms with van der Waals surface area (Å²) in [5.41, 5.74) is 7.90. The monoisotopic (exact) mass is 271 g/mol. The molecule has 0 saturated carbocycles. The maximum Gasteiger partial charge on any atom is 0.122 e. The molecule has 0 bridgehead atoms. The number of hydrogen-bond donors (Lipinski definition) is 1. The third kappa shape index (κ3) is 3.75. The van der Waals surface area contributed by atoms with Crippen LogP contribution in [0.25, 0.3) is 0 Å². The summed E-state index contributed by atoms with van der Waals surface area (Å²) < 4.78 is 11.1. The van der Waals surface area contributed by atoms with Crippen LogP contribution in [0.4, 0.5) is 0 Å². The maximum absolute atomic E-state index is 5.68. The molecule has 3 heteroatoms. The summed E-state index contributed by atoms with van der Waals surface area (Å²) in [5, 5.41) is 0. The predicted molar refractivity (Wildman–Crippen MR) is 81.4 cm³/mol. The van der Waals surface area contributed by atoms with Crippen LogP contribution in [0.3, 0.4) is 0 Å². The van der Waals surface area contributed by atoms with E-state index in [2.05, 4.69) is 12.1 Å². The maximum atomic E-state index is 5.68. The van der Waals surface area contributed by atoms with Gasteiger partial charge in [-0.3, -0.25) is 0 Å². The van der Waals surface area contributed by atoms with E-state index < -0.39 is 0 Å². The lowest BCUT2D eigenvalue weighted by atomic mass is 10.0. The van der Waals surface area contributed by atoms with Gasteiger partial charge in [0.15, 0.2) is 0 Å². The predicted octanol–water partition coefficient (Wildman–Crippen LogP) is 2.82. The Labute approximate surface area is 120 Å². The zero-order valence-corrected chi connectivity index (χ0v) is 11.8. The molecule has 0 spiro atoms. The van der Waals surface area contributed by atoms with E-state index in [-0.39, 0.29) is 0 Å². The highest BCUT2D eigenvalue weighted by Gasteiger charge is 2.06. The molecule has 0 fully saturated rings. The van der Waals surface area contributed by atoms with E-state index in [0.29, 0.717) is 13.2 Å². The summed E-state index contributed by atoms with van der Waals surface area (Å²) >= 11 is 0. The molecule has 3 nitrogen and oxygen atoms in total. The molecule has 0 unspecified atom stereocenters. The first-order valence-electron chi connectivity index (χ1n) is 6.88. The van der Waals surface area contributed by atoms with Crippen molar-refractivity contribution in [3.05, 3.63) is 59.7 Å². The lowest BCUT2D eigenvalue weighted by Gasteiger charge is -2.12. The molecule has 0 aliphatic rings. The van der Waals surface area contributed by atoms with Crippen molar-refractivity contribution in [1.82, 2.24) is 0 Å². The second kappa shape index (κ2) is 7.56. The van der Waals surface area contributed by atoms with E-state index >= 15 is 0 Å². The van der Waals surface area contributed by atoms with Crippen molar-refractivity contribution in [2.45, 2.75) is 12.8 Å². The van der Waals surface area contributed by atoms with Crippen molar-refractivity contribution in [2.24, 2.45) is 5.73 Å². The van der Waals surface area contributed by atoms with Gasteiger partial charge < -0.3 is 15.2 Å². The first-order valence-corrected chi connectivity index (χ1v) is 6.88. The molecule has 0 aliphatic heterocycles. The molecule has 0 amide bonds. The van der Waals surface area contributed by atoms with Crippen LogP contribution in [0.2, 0.25) is 0 Å². The van der Waals surface area contributed by atoms with Crippen molar-refractivity contribution in [3.8, 4) is 11.5 Å². The van der Waals surface area contributed by atoms with E-state index in [1.54, 1.807) is 7.11 Å². The fourth-order valence-electron chi connectivity index (χ4n) is 2.20. The van der Waals surface area contributed by atoms with Gasteiger partial charge in [0.2, 0.25) is 0 Å². The van der Waals surface area contributed by atoms with Crippen LogP contribution in [0.15, 0.2) is 48.5 Å². The van der Waals surface area contributed by atoms with Crippen molar-refractivity contribution in [1.29, 1.82) is 0 Å². The van der Waals surface area contributed by atoms with E-state index in [9.17, 15) is 0 Å². The largest absolute Gasteiger partial charge is 0.496 e. The fourth-order valence-corrected chi connectivity index (χ4v) is 2.20. The Hall–Kier alpha value is -2.00. The Morgan fingerprint density at radius 2 is 1.40 bits per heavy atom. The topological polar surface area (TPSA) is 44.5 Å². The molecule has 2 aromatic carbocycles. The Morgan fingerprint density at radius 3 is 2.00 bits per heavy atom. The summed E-state index contributed by atoms with van der Waals surface area (Å²) in [6.07, 6.45) is 1.84. The SMILES string of the molecule is COc1ccccc1CCc1ccccc1OCCN. The van der Waals surface area contributed by atoms with Crippen molar-refractivity contribution in [2.75, 3.05) is 20.3 Å². The van der Waals surface area contributed by atoms with Crippen molar-refractivity contribution in [3.63, 3.8) is 0 Å². The van der Waals surface area contributed by atoms with Crippen molar-refractivity contribution < 1.29 is 9.47 Å². The molecule has 20 heavy (non-hydrogen) atoms. The van der Waals surface area contributed by atoms with Crippen LogP contribution in [0.5, 0.6) is 11.5 Å². The molecule has 0 aromatic heterocycles. The van der Waals surface area contributed by atoms with Crippen LogP contribution >= 0.6 is 0 Å². The summed E-state index contributed by atoms with van der Waals surface area (Å²) in [4.78, 5) is 0. The number of methoxy groups -OCH3 is 1. The molecule has 2 N–H and O–H groups in total. The molecule has 2 aromatic rings. The smallest absolute Gasteiger partial charge is 0.122 e. The molecular weight excluding hydrogens is 250 g/mol. The van der Waals surface area contributed by atoms with Gasteiger partial charge in [0.1, 0.15) is 18.1 Å². The second-order valence-corrected chi connectivity index (χ2v) is 4.56. The van der Waals surface area contributed by atoms with Crippen LogP contribution in [-0.2, 0) is 12.8 Å². The average molecular weight is 271 g/mol. The Balaban J connectivity index is 2.06. The van der Waals surface area contributed by atoms with Crippen LogP contribution in [0, 0.1) is 0 Å². The van der Waals surface area contributed by atoms with Gasteiger partial charge >= 0.3 is 0 Å². The minimum atomic E-state index is 0.529. The quantitative estimate of drug-likeness (QED) is 0.842. The van der Waals surface area contributed by atoms with E-state index in [1.807, 2.05) is 36.4 Å². The molecular formula is C17H21NO2. The highest BCUT2D eigenvalue weighted by molar-refractivity contribution is 5.37. The van der Waals surface area contributed by atoms with Crippen LogP contribution < -0.4 is 15.2 Å². The Bertz CT molecular complexity index is 540. The van der Waals surface area contributed by atoms with Crippen molar-refractivity contribution >= 4 is 0 Å². The second-order valence-electron chi connectivity index (χ2n) is 4.56. The Kier molecular flexibility index (Phi) is 5.44. The first-order chi connectivity index (χ1) is 9.85. The number of para-hydroxylation sites is 2. The lowest BCUT2D eigenvalue weighted by Crippen LogP contribution is -2.11.